The van der Waals surface area contributed by atoms with Crippen molar-refractivity contribution in [3.8, 4) is 22.9 Å². The van der Waals surface area contributed by atoms with E-state index in [4.69, 9.17) is 9.47 Å². The summed E-state index contributed by atoms with van der Waals surface area (Å²) in [5.41, 5.74) is 1.55. The van der Waals surface area contributed by atoms with Crippen LogP contribution in [0.4, 0.5) is 0 Å². The fourth-order valence-electron chi connectivity index (χ4n) is 2.47. The highest BCUT2D eigenvalue weighted by Crippen LogP contribution is 2.31. The second-order valence-corrected chi connectivity index (χ2v) is 6.35. The zero-order valence-corrected chi connectivity index (χ0v) is 14.1. The Morgan fingerprint density at radius 3 is 2.72 bits per heavy atom. The predicted molar refractivity (Wildman–Crippen MR) is 94.3 cm³/mol. The molecular formula is C18H15N3O3S. The van der Waals surface area contributed by atoms with Crippen molar-refractivity contribution in [2.75, 3.05) is 19.0 Å². The molecule has 0 saturated carbocycles. The van der Waals surface area contributed by atoms with E-state index in [1.807, 2.05) is 30.3 Å². The van der Waals surface area contributed by atoms with E-state index < -0.39 is 0 Å². The number of ketones is 1. The Morgan fingerprint density at radius 2 is 1.88 bits per heavy atom. The van der Waals surface area contributed by atoms with Gasteiger partial charge in [-0.2, -0.15) is 0 Å². The van der Waals surface area contributed by atoms with Crippen LogP contribution in [0.1, 0.15) is 10.4 Å². The van der Waals surface area contributed by atoms with Crippen molar-refractivity contribution in [2.45, 2.75) is 5.16 Å². The number of nitrogens with one attached hydrogen (secondary N) is 1. The van der Waals surface area contributed by atoms with Crippen molar-refractivity contribution >= 4 is 17.5 Å². The molecule has 1 aliphatic rings. The maximum Gasteiger partial charge on any atom is 0.209 e. The molecule has 0 spiro atoms. The van der Waals surface area contributed by atoms with Gasteiger partial charge in [-0.25, -0.2) is 4.98 Å². The van der Waals surface area contributed by atoms with Crippen LogP contribution in [0.3, 0.4) is 0 Å². The lowest BCUT2D eigenvalue weighted by Gasteiger charge is -2.18. The van der Waals surface area contributed by atoms with Gasteiger partial charge in [0.05, 0.1) is 5.75 Å². The van der Waals surface area contributed by atoms with Gasteiger partial charge in [-0.05, 0) is 18.2 Å². The molecule has 1 aliphatic heterocycles. The molecule has 0 aliphatic carbocycles. The normalized spacial score (nSPS) is 12.8. The number of benzene rings is 2. The average Bonchev–Trinajstić information content (AvgIpc) is 3.15. The number of fused-ring (bicyclic) bond motifs is 1. The largest absolute Gasteiger partial charge is 0.486 e. The molecule has 0 amide bonds. The molecule has 1 aromatic heterocycles. The van der Waals surface area contributed by atoms with Crippen LogP contribution >= 0.6 is 11.8 Å². The molecule has 0 radical (unpaired) electrons. The first-order valence-corrected chi connectivity index (χ1v) is 8.81. The third-order valence-electron chi connectivity index (χ3n) is 3.71. The van der Waals surface area contributed by atoms with E-state index in [-0.39, 0.29) is 11.5 Å². The summed E-state index contributed by atoms with van der Waals surface area (Å²) in [6, 6.07) is 15.0. The predicted octanol–water partition coefficient (Wildman–Crippen LogP) is 3.22. The summed E-state index contributed by atoms with van der Waals surface area (Å²) < 4.78 is 11.0. The van der Waals surface area contributed by atoms with Gasteiger partial charge in [0.1, 0.15) is 13.2 Å². The zero-order valence-electron chi connectivity index (χ0n) is 13.3. The number of ether oxygens (including phenoxy) is 2. The maximum absolute atomic E-state index is 12.4. The minimum absolute atomic E-state index is 0.00645. The van der Waals surface area contributed by atoms with Crippen molar-refractivity contribution < 1.29 is 14.3 Å². The summed E-state index contributed by atoms with van der Waals surface area (Å²) in [6.45, 7) is 1.03. The van der Waals surface area contributed by atoms with Crippen molar-refractivity contribution in [3.63, 3.8) is 0 Å². The highest BCUT2D eigenvalue weighted by atomic mass is 32.2. The Morgan fingerprint density at radius 1 is 1.08 bits per heavy atom. The lowest BCUT2D eigenvalue weighted by atomic mass is 10.1. The van der Waals surface area contributed by atoms with Crippen LogP contribution < -0.4 is 9.47 Å². The minimum atomic E-state index is -0.00645. The lowest BCUT2D eigenvalue weighted by Crippen LogP contribution is -2.16. The first kappa shape index (κ1) is 15.7. The monoisotopic (exact) mass is 353 g/mol. The fraction of sp³-hybridized carbons (Fsp3) is 0.167. The molecule has 7 heteroatoms. The van der Waals surface area contributed by atoms with Crippen molar-refractivity contribution in [1.29, 1.82) is 0 Å². The van der Waals surface area contributed by atoms with Crippen LogP contribution in [0, 0.1) is 0 Å². The number of thioether (sulfide) groups is 1. The van der Waals surface area contributed by atoms with Gasteiger partial charge in [-0.3, -0.25) is 9.89 Å². The summed E-state index contributed by atoms with van der Waals surface area (Å²) in [5, 5.41) is 7.60. The van der Waals surface area contributed by atoms with E-state index in [0.717, 1.165) is 5.56 Å². The van der Waals surface area contributed by atoms with Gasteiger partial charge in [0, 0.05) is 11.1 Å². The topological polar surface area (TPSA) is 77.1 Å². The number of H-pyrrole nitrogens is 1. The van der Waals surface area contributed by atoms with Gasteiger partial charge in [0.15, 0.2) is 23.1 Å². The Hall–Kier alpha value is -2.80. The SMILES string of the molecule is O=C(CSc1n[nH]c(-c2ccccc2)n1)c1ccc2c(c1)OCCO2. The first-order chi connectivity index (χ1) is 12.3. The maximum atomic E-state index is 12.4. The fourth-order valence-corrected chi connectivity index (χ4v) is 3.16. The summed E-state index contributed by atoms with van der Waals surface area (Å²) in [5.74, 6) is 2.23. The molecule has 2 heterocycles. The molecule has 0 bridgehead atoms. The van der Waals surface area contributed by atoms with Crippen LogP contribution in [-0.2, 0) is 0 Å². The molecule has 0 unspecified atom stereocenters. The zero-order chi connectivity index (χ0) is 17.1. The number of hydrogen-bond acceptors (Lipinski definition) is 6. The molecule has 3 aromatic rings. The minimum Gasteiger partial charge on any atom is -0.486 e. The van der Waals surface area contributed by atoms with E-state index in [9.17, 15) is 4.79 Å². The molecule has 0 saturated heterocycles. The van der Waals surface area contributed by atoms with Crippen LogP contribution in [-0.4, -0.2) is 39.9 Å². The number of Topliss-reactive ketones (excluding diaryl/α,β-unsaturated/α-hetero) is 1. The lowest BCUT2D eigenvalue weighted by molar-refractivity contribution is 0.102. The summed E-state index contributed by atoms with van der Waals surface area (Å²) in [6.07, 6.45) is 0. The molecule has 6 nitrogen and oxygen atoms in total. The summed E-state index contributed by atoms with van der Waals surface area (Å²) in [4.78, 5) is 16.8. The smallest absolute Gasteiger partial charge is 0.209 e. The Balaban J connectivity index is 1.41. The van der Waals surface area contributed by atoms with Gasteiger partial charge in [0.25, 0.3) is 0 Å². The van der Waals surface area contributed by atoms with Crippen LogP contribution in [0.5, 0.6) is 11.5 Å². The molecule has 0 atom stereocenters. The van der Waals surface area contributed by atoms with Crippen molar-refractivity contribution in [2.24, 2.45) is 0 Å². The Labute approximate surface area is 148 Å². The van der Waals surface area contributed by atoms with Crippen LogP contribution in [0.25, 0.3) is 11.4 Å². The van der Waals surface area contributed by atoms with E-state index >= 15 is 0 Å². The second kappa shape index (κ2) is 6.98. The molecule has 126 valence electrons. The van der Waals surface area contributed by atoms with Crippen LogP contribution in [0.15, 0.2) is 53.7 Å². The molecular weight excluding hydrogens is 338 g/mol. The highest BCUT2D eigenvalue weighted by molar-refractivity contribution is 7.99. The van der Waals surface area contributed by atoms with Gasteiger partial charge < -0.3 is 9.47 Å². The molecule has 0 fully saturated rings. The van der Waals surface area contributed by atoms with E-state index in [1.54, 1.807) is 18.2 Å². The van der Waals surface area contributed by atoms with Crippen LogP contribution in [0.2, 0.25) is 0 Å². The Bertz CT molecular complexity index is 896. The average molecular weight is 353 g/mol. The van der Waals surface area contributed by atoms with Crippen molar-refractivity contribution in [3.05, 3.63) is 54.1 Å². The third-order valence-corrected chi connectivity index (χ3v) is 4.56. The van der Waals surface area contributed by atoms with E-state index in [0.29, 0.717) is 41.3 Å². The number of aromatic nitrogens is 3. The second-order valence-electron chi connectivity index (χ2n) is 5.40. The molecule has 2 aromatic carbocycles. The molecule has 1 N–H and O–H groups in total. The number of carbonyl (C=O) groups is 1. The van der Waals surface area contributed by atoms with E-state index in [2.05, 4.69) is 15.2 Å². The third kappa shape index (κ3) is 3.51. The first-order valence-electron chi connectivity index (χ1n) is 7.83. The number of hydrogen-bond donors (Lipinski definition) is 1. The number of nitrogens with zero attached hydrogens (tertiary/aromatic N) is 2. The summed E-state index contributed by atoms with van der Waals surface area (Å²) >= 11 is 1.30. The molecule has 25 heavy (non-hydrogen) atoms. The van der Waals surface area contributed by atoms with E-state index in [1.165, 1.54) is 11.8 Å². The molecule has 4 rings (SSSR count). The van der Waals surface area contributed by atoms with Gasteiger partial charge in [-0.15, -0.1) is 5.10 Å². The van der Waals surface area contributed by atoms with Gasteiger partial charge in [-0.1, -0.05) is 42.1 Å². The Kier molecular flexibility index (Phi) is 4.39. The highest BCUT2D eigenvalue weighted by Gasteiger charge is 2.16. The number of rotatable bonds is 5. The van der Waals surface area contributed by atoms with Gasteiger partial charge in [0.2, 0.25) is 5.16 Å². The summed E-state index contributed by atoms with van der Waals surface area (Å²) in [7, 11) is 0. The van der Waals surface area contributed by atoms with Gasteiger partial charge >= 0.3 is 0 Å². The standard InChI is InChI=1S/C18H15N3O3S/c22-14(13-6-7-15-16(10-13)24-9-8-23-15)11-25-18-19-17(20-21-18)12-4-2-1-3-5-12/h1-7,10H,8-9,11H2,(H,19,20,21). The number of aromatic amines is 1. The van der Waals surface area contributed by atoms with Crippen molar-refractivity contribution in [1.82, 2.24) is 15.2 Å². The number of carbonyl (C=O) groups excluding carboxylic acids is 1. The quantitative estimate of drug-likeness (QED) is 0.561.